The van der Waals surface area contributed by atoms with Crippen LogP contribution in [-0.2, 0) is 13.0 Å². The Bertz CT molecular complexity index is 907. The van der Waals surface area contributed by atoms with Crippen LogP contribution in [0.5, 0.6) is 0 Å². The zero-order valence-corrected chi connectivity index (χ0v) is 12.7. The van der Waals surface area contributed by atoms with Gasteiger partial charge in [0.25, 0.3) is 0 Å². The third kappa shape index (κ3) is 2.23. The molecule has 2 aromatic carbocycles. The average molecular weight is 307 g/mol. The van der Waals surface area contributed by atoms with Gasteiger partial charge in [0.2, 0.25) is 0 Å². The number of nitrogens with two attached hydrogens (primary N) is 1. The second-order valence-electron chi connectivity index (χ2n) is 5.91. The summed E-state index contributed by atoms with van der Waals surface area (Å²) in [5.74, 6) is -0.254. The van der Waals surface area contributed by atoms with Gasteiger partial charge in [0, 0.05) is 40.9 Å². The van der Waals surface area contributed by atoms with Gasteiger partial charge in [-0.2, -0.15) is 0 Å². The van der Waals surface area contributed by atoms with Gasteiger partial charge in [-0.3, -0.25) is 0 Å². The quantitative estimate of drug-likeness (QED) is 0.678. The molecule has 0 aliphatic carbocycles. The lowest BCUT2D eigenvalue weighted by Crippen LogP contribution is -2.12. The molecule has 0 bridgehead atoms. The van der Waals surface area contributed by atoms with Crippen molar-refractivity contribution in [2.75, 3.05) is 6.54 Å². The van der Waals surface area contributed by atoms with E-state index in [1.165, 1.54) is 5.56 Å². The number of halogens is 1. The van der Waals surface area contributed by atoms with Crippen molar-refractivity contribution in [1.29, 1.82) is 0 Å². The highest BCUT2D eigenvalue weighted by atomic mass is 19.1. The molecule has 4 heteroatoms. The van der Waals surface area contributed by atoms with E-state index in [1.807, 2.05) is 12.1 Å². The highest BCUT2D eigenvalue weighted by molar-refractivity contribution is 5.99. The van der Waals surface area contributed by atoms with Gasteiger partial charge in [0.15, 0.2) is 0 Å². The summed E-state index contributed by atoms with van der Waals surface area (Å²) < 4.78 is 14.0. The number of rotatable bonds is 2. The van der Waals surface area contributed by atoms with E-state index < -0.39 is 0 Å². The normalized spacial score (nSPS) is 13.9. The summed E-state index contributed by atoms with van der Waals surface area (Å²) in [6, 6.07) is 11.3. The Labute approximate surface area is 134 Å². The molecule has 4 rings (SSSR count). The van der Waals surface area contributed by atoms with Crippen LogP contribution in [-0.4, -0.2) is 11.5 Å². The fourth-order valence-corrected chi connectivity index (χ4v) is 3.34. The molecule has 0 atom stereocenters. The first-order valence-electron chi connectivity index (χ1n) is 7.74. The first-order chi connectivity index (χ1) is 11.2. The third-order valence-electron chi connectivity index (χ3n) is 4.48. The van der Waals surface area contributed by atoms with Gasteiger partial charge in [-0.1, -0.05) is 30.8 Å². The second kappa shape index (κ2) is 5.25. The highest BCUT2D eigenvalue weighted by Crippen LogP contribution is 2.36. The van der Waals surface area contributed by atoms with Crippen LogP contribution in [0.2, 0.25) is 0 Å². The molecule has 0 radical (unpaired) electrons. The summed E-state index contributed by atoms with van der Waals surface area (Å²) in [6.07, 6.45) is 0.867. The van der Waals surface area contributed by atoms with Crippen molar-refractivity contribution in [3.63, 3.8) is 0 Å². The highest BCUT2D eigenvalue weighted by Gasteiger charge is 2.20. The number of nitrogens with one attached hydrogen (secondary N) is 2. The number of H-pyrrole nitrogens is 1. The molecule has 3 nitrogen and oxygen atoms in total. The number of hydrogen-bond donors (Lipinski definition) is 3. The van der Waals surface area contributed by atoms with E-state index in [4.69, 9.17) is 5.73 Å². The molecular formula is C19H18FN3. The molecule has 4 N–H and O–H groups in total. The lowest BCUT2D eigenvalue weighted by molar-refractivity contribution is 0.629. The maximum atomic E-state index is 14.0. The van der Waals surface area contributed by atoms with Crippen molar-refractivity contribution in [2.24, 2.45) is 5.73 Å². The molecule has 0 unspecified atom stereocenters. The van der Waals surface area contributed by atoms with Crippen molar-refractivity contribution in [3.05, 3.63) is 65.5 Å². The molecule has 23 heavy (non-hydrogen) atoms. The summed E-state index contributed by atoms with van der Waals surface area (Å²) in [6.45, 7) is 5.35. The van der Waals surface area contributed by atoms with E-state index in [-0.39, 0.29) is 5.82 Å². The van der Waals surface area contributed by atoms with Gasteiger partial charge >= 0.3 is 0 Å². The van der Waals surface area contributed by atoms with Crippen LogP contribution in [0, 0.1) is 5.82 Å². The van der Waals surface area contributed by atoms with Crippen molar-refractivity contribution < 1.29 is 4.39 Å². The van der Waals surface area contributed by atoms with E-state index in [1.54, 1.807) is 12.1 Å². The minimum absolute atomic E-state index is 0.254. The van der Waals surface area contributed by atoms with E-state index in [0.717, 1.165) is 51.9 Å². The lowest BCUT2D eigenvalue weighted by Gasteiger charge is -2.07. The van der Waals surface area contributed by atoms with Crippen LogP contribution in [0.1, 0.15) is 16.7 Å². The molecule has 0 spiro atoms. The molecule has 1 aliphatic rings. The topological polar surface area (TPSA) is 53.8 Å². The van der Waals surface area contributed by atoms with Gasteiger partial charge in [-0.15, -0.1) is 0 Å². The first kappa shape index (κ1) is 14.0. The fourth-order valence-electron chi connectivity index (χ4n) is 3.34. The summed E-state index contributed by atoms with van der Waals surface area (Å²) >= 11 is 0. The Hall–Kier alpha value is -2.59. The number of aromatic amines is 1. The van der Waals surface area contributed by atoms with E-state index in [0.29, 0.717) is 6.54 Å². The molecule has 3 aromatic rings. The molecule has 1 aromatic heterocycles. The number of aromatic nitrogens is 1. The molecule has 0 saturated heterocycles. The maximum Gasteiger partial charge on any atom is 0.125 e. The maximum absolute atomic E-state index is 14.0. The Balaban J connectivity index is 1.98. The van der Waals surface area contributed by atoms with Gasteiger partial charge in [0.1, 0.15) is 5.82 Å². The Morgan fingerprint density at radius 1 is 1.17 bits per heavy atom. The summed E-state index contributed by atoms with van der Waals surface area (Å²) in [5.41, 5.74) is 12.5. The largest absolute Gasteiger partial charge is 0.385 e. The van der Waals surface area contributed by atoms with Crippen LogP contribution in [0.15, 0.2) is 43.0 Å². The molecule has 2 heterocycles. The predicted octanol–water partition coefficient (Wildman–Crippen LogP) is 3.55. The SMILES string of the molecule is C=C1NCCc2c(-c3ccc(CN)cc3)[nH]c3cc(F)cc1c23. The zero-order valence-electron chi connectivity index (χ0n) is 12.7. The predicted molar refractivity (Wildman–Crippen MR) is 92.3 cm³/mol. The number of hydrogen-bond acceptors (Lipinski definition) is 2. The molecule has 0 saturated carbocycles. The van der Waals surface area contributed by atoms with Crippen LogP contribution in [0.3, 0.4) is 0 Å². The summed E-state index contributed by atoms with van der Waals surface area (Å²) in [7, 11) is 0. The fraction of sp³-hybridized carbons (Fsp3) is 0.158. The summed E-state index contributed by atoms with van der Waals surface area (Å²) in [4.78, 5) is 3.40. The van der Waals surface area contributed by atoms with Crippen molar-refractivity contribution in [1.82, 2.24) is 10.3 Å². The molecule has 1 aliphatic heterocycles. The van der Waals surface area contributed by atoms with Crippen LogP contribution in [0.25, 0.3) is 27.9 Å². The second-order valence-corrected chi connectivity index (χ2v) is 5.91. The van der Waals surface area contributed by atoms with Gasteiger partial charge in [0.05, 0.1) is 0 Å². The number of benzene rings is 2. The van der Waals surface area contributed by atoms with E-state index in [9.17, 15) is 4.39 Å². The molecule has 0 fully saturated rings. The first-order valence-corrected chi connectivity index (χ1v) is 7.74. The monoisotopic (exact) mass is 307 g/mol. The van der Waals surface area contributed by atoms with Crippen LogP contribution < -0.4 is 11.1 Å². The van der Waals surface area contributed by atoms with Gasteiger partial charge in [-0.25, -0.2) is 4.39 Å². The molecule has 0 amide bonds. The summed E-state index contributed by atoms with van der Waals surface area (Å²) in [5, 5.41) is 4.34. The average Bonchev–Trinajstić information content (AvgIpc) is 2.83. The van der Waals surface area contributed by atoms with E-state index in [2.05, 4.69) is 29.0 Å². The van der Waals surface area contributed by atoms with Crippen molar-refractivity contribution in [3.8, 4) is 11.3 Å². The zero-order chi connectivity index (χ0) is 16.0. The third-order valence-corrected chi connectivity index (χ3v) is 4.48. The van der Waals surface area contributed by atoms with Gasteiger partial charge in [-0.05, 0) is 35.2 Å². The Morgan fingerprint density at radius 3 is 2.70 bits per heavy atom. The van der Waals surface area contributed by atoms with Crippen molar-refractivity contribution in [2.45, 2.75) is 13.0 Å². The Kier molecular flexibility index (Phi) is 3.20. The lowest BCUT2D eigenvalue weighted by atomic mass is 9.99. The van der Waals surface area contributed by atoms with Crippen LogP contribution >= 0.6 is 0 Å². The molecular weight excluding hydrogens is 289 g/mol. The molecule has 116 valence electrons. The minimum Gasteiger partial charge on any atom is -0.385 e. The minimum atomic E-state index is -0.254. The van der Waals surface area contributed by atoms with Crippen molar-refractivity contribution >= 4 is 16.6 Å². The van der Waals surface area contributed by atoms with Gasteiger partial charge < -0.3 is 16.0 Å². The Morgan fingerprint density at radius 2 is 1.96 bits per heavy atom. The standard InChI is InChI=1S/C19H18FN3/c1-11-16-8-14(20)9-17-18(16)15(6-7-22-11)19(23-17)13-4-2-12(10-21)3-5-13/h2-5,8-9,22-23H,1,6-7,10,21H2. The van der Waals surface area contributed by atoms with E-state index >= 15 is 0 Å². The van der Waals surface area contributed by atoms with Crippen LogP contribution in [0.4, 0.5) is 4.39 Å². The smallest absolute Gasteiger partial charge is 0.125 e.